The van der Waals surface area contributed by atoms with Gasteiger partial charge in [-0.05, 0) is 31.2 Å². The average Bonchev–Trinajstić information content (AvgIpc) is 2.38. The van der Waals surface area contributed by atoms with Gasteiger partial charge < -0.3 is 9.84 Å². The Labute approximate surface area is 114 Å². The quantitative estimate of drug-likeness (QED) is 0.947. The van der Waals surface area contributed by atoms with Crippen LogP contribution in [0.4, 0.5) is 0 Å². The van der Waals surface area contributed by atoms with Crippen molar-refractivity contribution in [1.29, 1.82) is 0 Å². The molecule has 0 saturated heterocycles. The molecule has 5 heteroatoms. The lowest BCUT2D eigenvalue weighted by molar-refractivity contribution is 0.271. The molecule has 1 N–H and O–H groups in total. The summed E-state index contributed by atoms with van der Waals surface area (Å²) in [6.45, 7) is 1.69. The van der Waals surface area contributed by atoms with E-state index < -0.39 is 0 Å². The lowest BCUT2D eigenvalue weighted by atomic mass is 10.1. The zero-order valence-corrected chi connectivity index (χ0v) is 11.7. The number of rotatable bonds is 3. The van der Waals surface area contributed by atoms with Crippen LogP contribution in [0.1, 0.15) is 11.5 Å². The maximum atomic E-state index is 9.15. The van der Waals surface area contributed by atoms with E-state index in [-0.39, 0.29) is 6.61 Å². The number of aryl methyl sites for hydroxylation is 1. The van der Waals surface area contributed by atoms with Crippen LogP contribution >= 0.6 is 15.9 Å². The largest absolute Gasteiger partial charge is 0.496 e. The van der Waals surface area contributed by atoms with E-state index in [9.17, 15) is 0 Å². The first-order valence-corrected chi connectivity index (χ1v) is 6.22. The third kappa shape index (κ3) is 2.68. The number of nitrogens with zero attached hydrogens (tertiary/aromatic N) is 2. The molecule has 94 valence electrons. The highest BCUT2D eigenvalue weighted by molar-refractivity contribution is 9.10. The van der Waals surface area contributed by atoms with Crippen molar-refractivity contribution in [3.05, 3.63) is 40.3 Å². The van der Waals surface area contributed by atoms with E-state index in [4.69, 9.17) is 9.84 Å². The number of aromatic nitrogens is 2. The third-order valence-corrected chi connectivity index (χ3v) is 2.97. The highest BCUT2D eigenvalue weighted by atomic mass is 79.9. The van der Waals surface area contributed by atoms with Gasteiger partial charge in [0.1, 0.15) is 12.4 Å². The number of ether oxygens (including phenoxy) is 1. The average molecular weight is 309 g/mol. The first-order valence-electron chi connectivity index (χ1n) is 5.43. The summed E-state index contributed by atoms with van der Waals surface area (Å²) in [5.41, 5.74) is 2.42. The monoisotopic (exact) mass is 308 g/mol. The zero-order valence-electron chi connectivity index (χ0n) is 10.1. The molecular weight excluding hydrogens is 296 g/mol. The summed E-state index contributed by atoms with van der Waals surface area (Å²) in [4.78, 5) is 8.45. The Kier molecular flexibility index (Phi) is 3.93. The summed E-state index contributed by atoms with van der Waals surface area (Å²) in [5.74, 6) is 1.15. The summed E-state index contributed by atoms with van der Waals surface area (Å²) < 4.78 is 6.27. The highest BCUT2D eigenvalue weighted by Gasteiger charge is 2.10. The molecule has 0 radical (unpaired) electrons. The molecule has 1 heterocycles. The Morgan fingerprint density at radius 3 is 2.72 bits per heavy atom. The van der Waals surface area contributed by atoms with Crippen molar-refractivity contribution < 1.29 is 9.84 Å². The summed E-state index contributed by atoms with van der Waals surface area (Å²) in [6, 6.07) is 7.57. The Hall–Kier alpha value is -1.46. The smallest absolute Gasteiger partial charge is 0.154 e. The predicted molar refractivity (Wildman–Crippen MR) is 72.4 cm³/mol. The number of aliphatic hydroxyl groups is 1. The number of benzene rings is 1. The fraction of sp³-hybridized carbons (Fsp3) is 0.231. The van der Waals surface area contributed by atoms with Crippen molar-refractivity contribution in [3.8, 4) is 17.0 Å². The molecule has 0 aliphatic rings. The first kappa shape index (κ1) is 13.0. The number of halogens is 1. The molecule has 0 atom stereocenters. The maximum Gasteiger partial charge on any atom is 0.154 e. The number of aliphatic hydroxyl groups excluding tert-OH is 1. The Morgan fingerprint density at radius 1 is 1.28 bits per heavy atom. The van der Waals surface area contributed by atoms with Gasteiger partial charge in [-0.3, -0.25) is 0 Å². The summed E-state index contributed by atoms with van der Waals surface area (Å²) in [5, 5.41) is 9.15. The van der Waals surface area contributed by atoms with Crippen LogP contribution in [0.2, 0.25) is 0 Å². The van der Waals surface area contributed by atoms with Gasteiger partial charge in [-0.1, -0.05) is 15.9 Å². The molecule has 2 rings (SSSR count). The molecule has 0 spiro atoms. The van der Waals surface area contributed by atoms with Gasteiger partial charge in [0, 0.05) is 15.7 Å². The van der Waals surface area contributed by atoms with Crippen molar-refractivity contribution in [2.75, 3.05) is 7.11 Å². The molecule has 0 aliphatic heterocycles. The SMILES string of the molecule is COc1ccc(Br)cc1-c1cc(C)nc(CO)n1. The first-order chi connectivity index (χ1) is 8.63. The summed E-state index contributed by atoms with van der Waals surface area (Å²) in [6.07, 6.45) is 0. The van der Waals surface area contributed by atoms with Crippen molar-refractivity contribution in [3.63, 3.8) is 0 Å². The lowest BCUT2D eigenvalue weighted by Gasteiger charge is -2.10. The second-order valence-corrected chi connectivity index (χ2v) is 4.73. The number of hydrogen-bond acceptors (Lipinski definition) is 4. The van der Waals surface area contributed by atoms with Crippen LogP contribution in [0.25, 0.3) is 11.3 Å². The van der Waals surface area contributed by atoms with Crippen molar-refractivity contribution in [1.82, 2.24) is 9.97 Å². The number of methoxy groups -OCH3 is 1. The van der Waals surface area contributed by atoms with E-state index >= 15 is 0 Å². The van der Waals surface area contributed by atoms with Crippen molar-refractivity contribution in [2.45, 2.75) is 13.5 Å². The number of hydrogen-bond donors (Lipinski definition) is 1. The molecular formula is C13H13BrN2O2. The second-order valence-electron chi connectivity index (χ2n) is 3.81. The fourth-order valence-electron chi connectivity index (χ4n) is 1.72. The molecule has 0 amide bonds. The van der Waals surface area contributed by atoms with Gasteiger partial charge in [-0.25, -0.2) is 9.97 Å². The van der Waals surface area contributed by atoms with Crippen LogP contribution < -0.4 is 4.74 Å². The van der Waals surface area contributed by atoms with Gasteiger partial charge in [0.05, 0.1) is 12.8 Å². The van der Waals surface area contributed by atoms with Crippen LogP contribution in [0.5, 0.6) is 5.75 Å². The van der Waals surface area contributed by atoms with Crippen molar-refractivity contribution in [2.24, 2.45) is 0 Å². The van der Waals surface area contributed by atoms with Gasteiger partial charge in [0.15, 0.2) is 5.82 Å². The summed E-state index contributed by atoms with van der Waals surface area (Å²) in [7, 11) is 1.62. The topological polar surface area (TPSA) is 55.2 Å². The minimum Gasteiger partial charge on any atom is -0.496 e. The van der Waals surface area contributed by atoms with Crippen LogP contribution in [-0.4, -0.2) is 22.2 Å². The van der Waals surface area contributed by atoms with Gasteiger partial charge in [-0.15, -0.1) is 0 Å². The second kappa shape index (κ2) is 5.46. The molecule has 18 heavy (non-hydrogen) atoms. The Balaban J connectivity index is 2.60. The Bertz CT molecular complexity index is 573. The maximum absolute atomic E-state index is 9.15. The van der Waals surface area contributed by atoms with Crippen LogP contribution in [0.15, 0.2) is 28.7 Å². The lowest BCUT2D eigenvalue weighted by Crippen LogP contribution is -1.99. The van der Waals surface area contributed by atoms with E-state index in [2.05, 4.69) is 25.9 Å². The van der Waals surface area contributed by atoms with Crippen LogP contribution in [-0.2, 0) is 6.61 Å². The van der Waals surface area contributed by atoms with Gasteiger partial charge in [0.25, 0.3) is 0 Å². The third-order valence-electron chi connectivity index (χ3n) is 2.48. The summed E-state index contributed by atoms with van der Waals surface area (Å²) >= 11 is 3.43. The highest BCUT2D eigenvalue weighted by Crippen LogP contribution is 2.31. The molecule has 2 aromatic rings. The predicted octanol–water partition coefficient (Wildman–Crippen LogP) is 2.72. The molecule has 0 unspecified atom stereocenters. The fourth-order valence-corrected chi connectivity index (χ4v) is 2.08. The normalized spacial score (nSPS) is 10.4. The minimum absolute atomic E-state index is 0.176. The van der Waals surface area contributed by atoms with E-state index in [1.807, 2.05) is 31.2 Å². The van der Waals surface area contributed by atoms with Crippen LogP contribution in [0.3, 0.4) is 0 Å². The molecule has 0 bridgehead atoms. The van der Waals surface area contributed by atoms with Gasteiger partial charge in [0.2, 0.25) is 0 Å². The van der Waals surface area contributed by atoms with E-state index in [0.717, 1.165) is 27.2 Å². The minimum atomic E-state index is -0.176. The van der Waals surface area contributed by atoms with E-state index in [1.165, 1.54) is 0 Å². The van der Waals surface area contributed by atoms with Crippen LogP contribution in [0, 0.1) is 6.92 Å². The van der Waals surface area contributed by atoms with Gasteiger partial charge >= 0.3 is 0 Å². The van der Waals surface area contributed by atoms with Crippen molar-refractivity contribution >= 4 is 15.9 Å². The van der Waals surface area contributed by atoms with Gasteiger partial charge in [-0.2, -0.15) is 0 Å². The Morgan fingerprint density at radius 2 is 2.06 bits per heavy atom. The molecule has 4 nitrogen and oxygen atoms in total. The molecule has 0 fully saturated rings. The molecule has 0 saturated carbocycles. The zero-order chi connectivity index (χ0) is 13.1. The molecule has 1 aromatic heterocycles. The standard InChI is InChI=1S/C13H13BrN2O2/c1-8-5-11(16-13(7-17)15-8)10-6-9(14)3-4-12(10)18-2/h3-6,17H,7H2,1-2H3. The van der Waals surface area contributed by atoms with E-state index in [1.54, 1.807) is 7.11 Å². The van der Waals surface area contributed by atoms with E-state index in [0.29, 0.717) is 5.82 Å². The molecule has 1 aromatic carbocycles. The molecule has 0 aliphatic carbocycles.